The highest BCUT2D eigenvalue weighted by Crippen LogP contribution is 2.18. The molecule has 1 N–H and O–H groups in total. The molecule has 1 heterocycles. The van der Waals surface area contributed by atoms with Crippen LogP contribution in [0.3, 0.4) is 0 Å². The van der Waals surface area contributed by atoms with Gasteiger partial charge in [0.15, 0.2) is 0 Å². The molecular formula is C11H12N2O2. The van der Waals surface area contributed by atoms with Crippen LogP contribution in [0.2, 0.25) is 0 Å². The molecule has 1 aliphatic heterocycles. The number of carbonyl (C=O) groups excluding carboxylic acids is 2. The molecule has 15 heavy (non-hydrogen) atoms. The van der Waals surface area contributed by atoms with Gasteiger partial charge in [-0.15, -0.1) is 0 Å². The highest BCUT2D eigenvalue weighted by atomic mass is 16.2. The molecule has 3 amide bonds. The van der Waals surface area contributed by atoms with Crippen molar-refractivity contribution in [2.75, 3.05) is 11.4 Å². The van der Waals surface area contributed by atoms with Crippen LogP contribution in [0.4, 0.5) is 10.5 Å². The van der Waals surface area contributed by atoms with Gasteiger partial charge in [0.2, 0.25) is 5.91 Å². The quantitative estimate of drug-likeness (QED) is 0.751. The molecule has 1 unspecified atom stereocenters. The van der Waals surface area contributed by atoms with E-state index in [1.54, 1.807) is 31.2 Å². The maximum Gasteiger partial charge on any atom is 0.328 e. The second-order valence-electron chi connectivity index (χ2n) is 3.60. The van der Waals surface area contributed by atoms with E-state index in [-0.39, 0.29) is 17.9 Å². The minimum absolute atomic E-state index is 0.148. The van der Waals surface area contributed by atoms with E-state index in [0.717, 1.165) is 0 Å². The predicted molar refractivity (Wildman–Crippen MR) is 56.5 cm³/mol. The van der Waals surface area contributed by atoms with Crippen molar-refractivity contribution in [1.29, 1.82) is 0 Å². The number of carbonyl (C=O) groups is 2. The van der Waals surface area contributed by atoms with Gasteiger partial charge in [-0.05, 0) is 12.1 Å². The summed E-state index contributed by atoms with van der Waals surface area (Å²) in [6, 6.07) is 8.60. The Morgan fingerprint density at radius 3 is 2.60 bits per heavy atom. The first kappa shape index (κ1) is 9.71. The van der Waals surface area contributed by atoms with Gasteiger partial charge in [0.1, 0.15) is 0 Å². The summed E-state index contributed by atoms with van der Waals surface area (Å²) in [7, 11) is 0. The number of nitrogens with zero attached hydrogens (tertiary/aromatic N) is 1. The minimum atomic E-state index is -0.343. The molecule has 0 saturated carbocycles. The van der Waals surface area contributed by atoms with Crippen LogP contribution < -0.4 is 10.2 Å². The molecule has 1 atom stereocenters. The molecule has 0 aliphatic carbocycles. The van der Waals surface area contributed by atoms with E-state index in [0.29, 0.717) is 12.2 Å². The highest BCUT2D eigenvalue weighted by molar-refractivity contribution is 6.16. The summed E-state index contributed by atoms with van der Waals surface area (Å²) >= 11 is 0. The van der Waals surface area contributed by atoms with Crippen LogP contribution >= 0.6 is 0 Å². The predicted octanol–water partition coefficient (Wildman–Crippen LogP) is 1.38. The van der Waals surface area contributed by atoms with Crippen molar-refractivity contribution >= 4 is 17.6 Å². The second kappa shape index (κ2) is 3.73. The average Bonchev–Trinajstić information content (AvgIpc) is 2.26. The van der Waals surface area contributed by atoms with Gasteiger partial charge in [0, 0.05) is 6.54 Å². The van der Waals surface area contributed by atoms with Crippen molar-refractivity contribution in [3.05, 3.63) is 30.3 Å². The lowest BCUT2D eigenvalue weighted by Crippen LogP contribution is -2.54. The molecule has 0 aromatic heterocycles. The smallest absolute Gasteiger partial charge is 0.328 e. The highest BCUT2D eigenvalue weighted by Gasteiger charge is 2.32. The van der Waals surface area contributed by atoms with Crippen LogP contribution in [0.25, 0.3) is 0 Å². The lowest BCUT2D eigenvalue weighted by atomic mass is 10.1. The molecule has 1 aromatic carbocycles. The zero-order valence-corrected chi connectivity index (χ0v) is 8.43. The van der Waals surface area contributed by atoms with Gasteiger partial charge in [-0.25, -0.2) is 9.69 Å². The normalized spacial score (nSPS) is 21.4. The van der Waals surface area contributed by atoms with Crippen molar-refractivity contribution in [1.82, 2.24) is 5.32 Å². The number of para-hydroxylation sites is 1. The van der Waals surface area contributed by atoms with Crippen molar-refractivity contribution in [2.45, 2.75) is 6.92 Å². The zero-order valence-electron chi connectivity index (χ0n) is 8.43. The average molecular weight is 204 g/mol. The van der Waals surface area contributed by atoms with Gasteiger partial charge in [-0.2, -0.15) is 0 Å². The van der Waals surface area contributed by atoms with Gasteiger partial charge in [-0.3, -0.25) is 4.79 Å². The fourth-order valence-corrected chi connectivity index (χ4v) is 1.55. The number of nitrogens with one attached hydrogen (secondary N) is 1. The maximum atomic E-state index is 11.8. The zero-order chi connectivity index (χ0) is 10.8. The molecule has 0 spiro atoms. The third kappa shape index (κ3) is 1.70. The van der Waals surface area contributed by atoms with E-state index in [1.165, 1.54) is 4.90 Å². The summed E-state index contributed by atoms with van der Waals surface area (Å²) in [5, 5.41) is 2.68. The van der Waals surface area contributed by atoms with Crippen LogP contribution in [-0.2, 0) is 4.79 Å². The van der Waals surface area contributed by atoms with Crippen LogP contribution in [0.5, 0.6) is 0 Å². The monoisotopic (exact) mass is 204 g/mol. The number of benzene rings is 1. The van der Waals surface area contributed by atoms with Crippen molar-refractivity contribution in [2.24, 2.45) is 5.92 Å². The van der Waals surface area contributed by atoms with E-state index in [4.69, 9.17) is 0 Å². The molecule has 4 nitrogen and oxygen atoms in total. The van der Waals surface area contributed by atoms with E-state index in [1.807, 2.05) is 6.07 Å². The molecule has 0 radical (unpaired) electrons. The van der Waals surface area contributed by atoms with E-state index < -0.39 is 0 Å². The standard InChI is InChI=1S/C11H12N2O2/c1-8-7-12-11(15)13(10(8)14)9-5-3-2-4-6-9/h2-6,8H,7H2,1H3,(H,12,15). The molecule has 4 heteroatoms. The Bertz CT molecular complexity index is 389. The van der Waals surface area contributed by atoms with E-state index in [2.05, 4.69) is 5.32 Å². The van der Waals surface area contributed by atoms with Crippen molar-refractivity contribution in [3.63, 3.8) is 0 Å². The first-order valence-corrected chi connectivity index (χ1v) is 4.87. The number of hydrogen-bond donors (Lipinski definition) is 1. The third-order valence-electron chi connectivity index (χ3n) is 2.42. The summed E-state index contributed by atoms with van der Waals surface area (Å²) < 4.78 is 0. The van der Waals surface area contributed by atoms with Crippen LogP contribution in [0.1, 0.15) is 6.92 Å². The Kier molecular flexibility index (Phi) is 2.41. The fourth-order valence-electron chi connectivity index (χ4n) is 1.55. The number of rotatable bonds is 1. The Labute approximate surface area is 87.9 Å². The van der Waals surface area contributed by atoms with Crippen molar-refractivity contribution in [3.8, 4) is 0 Å². The number of imide groups is 1. The Balaban J connectivity index is 2.34. The number of anilines is 1. The largest absolute Gasteiger partial charge is 0.337 e. The van der Waals surface area contributed by atoms with Crippen LogP contribution in [-0.4, -0.2) is 18.5 Å². The van der Waals surface area contributed by atoms with Gasteiger partial charge >= 0.3 is 6.03 Å². The summed E-state index contributed by atoms with van der Waals surface area (Å²) in [5.74, 6) is -0.312. The molecule has 78 valence electrons. The molecule has 1 aliphatic rings. The lowest BCUT2D eigenvalue weighted by Gasteiger charge is -2.29. The summed E-state index contributed by atoms with van der Waals surface area (Å²) in [6.45, 7) is 2.22. The maximum absolute atomic E-state index is 11.8. The molecule has 2 rings (SSSR count). The van der Waals surface area contributed by atoms with Crippen molar-refractivity contribution < 1.29 is 9.59 Å². The van der Waals surface area contributed by atoms with Gasteiger partial charge in [0.05, 0.1) is 11.6 Å². The van der Waals surface area contributed by atoms with Crippen LogP contribution in [0.15, 0.2) is 30.3 Å². The third-order valence-corrected chi connectivity index (χ3v) is 2.42. The summed E-state index contributed by atoms with van der Waals surface area (Å²) in [5.41, 5.74) is 0.617. The first-order chi connectivity index (χ1) is 7.20. The van der Waals surface area contributed by atoms with Gasteiger partial charge in [0.25, 0.3) is 0 Å². The molecule has 1 aromatic rings. The Hall–Kier alpha value is -1.84. The fraction of sp³-hybridized carbons (Fsp3) is 0.273. The van der Waals surface area contributed by atoms with Gasteiger partial charge in [-0.1, -0.05) is 25.1 Å². The number of urea groups is 1. The molecule has 1 fully saturated rings. The first-order valence-electron chi connectivity index (χ1n) is 4.87. The minimum Gasteiger partial charge on any atom is -0.337 e. The molecule has 0 bridgehead atoms. The lowest BCUT2D eigenvalue weighted by molar-refractivity contribution is -0.121. The Morgan fingerprint density at radius 1 is 1.27 bits per heavy atom. The molecular weight excluding hydrogens is 192 g/mol. The Morgan fingerprint density at radius 2 is 1.93 bits per heavy atom. The topological polar surface area (TPSA) is 49.4 Å². The SMILES string of the molecule is CC1CNC(=O)N(c2ccccc2)C1=O. The second-order valence-corrected chi connectivity index (χ2v) is 3.60. The molecule has 1 saturated heterocycles. The van der Waals surface area contributed by atoms with Gasteiger partial charge < -0.3 is 5.32 Å². The summed E-state index contributed by atoms with van der Waals surface area (Å²) in [4.78, 5) is 24.5. The number of hydrogen-bond acceptors (Lipinski definition) is 2. The van der Waals surface area contributed by atoms with Crippen LogP contribution in [0, 0.1) is 5.92 Å². The number of amides is 3. The van der Waals surface area contributed by atoms with E-state index >= 15 is 0 Å². The summed E-state index contributed by atoms with van der Waals surface area (Å²) in [6.07, 6.45) is 0. The van der Waals surface area contributed by atoms with E-state index in [9.17, 15) is 9.59 Å².